The van der Waals surface area contributed by atoms with E-state index in [2.05, 4.69) is 55.4 Å². The largest absolute Gasteiger partial charge is 0.291 e. The van der Waals surface area contributed by atoms with Gasteiger partial charge in [-0.2, -0.15) is 0 Å². The van der Waals surface area contributed by atoms with Crippen LogP contribution in [-0.2, 0) is 9.59 Å². The van der Waals surface area contributed by atoms with Crippen molar-refractivity contribution in [2.75, 3.05) is 0 Å². The molecule has 0 heterocycles. The first-order valence-electron chi connectivity index (χ1n) is 11.2. The summed E-state index contributed by atoms with van der Waals surface area (Å²) in [6.45, 7) is 19.1. The van der Waals surface area contributed by atoms with Crippen LogP contribution in [0.15, 0.2) is 0 Å². The summed E-state index contributed by atoms with van der Waals surface area (Å²) in [4.78, 5) is 26.1. The normalized spacial score (nSPS) is 62.0. The van der Waals surface area contributed by atoms with Crippen LogP contribution in [0.25, 0.3) is 0 Å². The van der Waals surface area contributed by atoms with Gasteiger partial charge in [-0.25, -0.2) is 0 Å². The van der Waals surface area contributed by atoms with Gasteiger partial charge in [-0.05, 0) is 71.0 Å². The highest BCUT2D eigenvalue weighted by molar-refractivity contribution is 6.41. The van der Waals surface area contributed by atoms with Crippen molar-refractivity contribution in [3.05, 3.63) is 0 Å². The van der Waals surface area contributed by atoms with E-state index in [-0.39, 0.29) is 23.4 Å². The molecule has 4 aliphatic carbocycles. The van der Waals surface area contributed by atoms with Crippen molar-refractivity contribution in [1.82, 2.24) is 0 Å². The fourth-order valence-electron chi connectivity index (χ4n) is 8.71. The average Bonchev–Trinajstić information content (AvgIpc) is 2.87. The van der Waals surface area contributed by atoms with E-state index < -0.39 is 0 Å². The molecule has 14 unspecified atom stereocenters. The number of fused-ring (bicyclic) bond motifs is 2. The standard InChI is InChI=1S/C24H38O2/c1-9-10(2)13(5)18-17(12(9)4)16(8)21-22-19(18)14(6)11(3)15(7)20(22)23(25)24(21)26/h9-22H,1-8H3. The van der Waals surface area contributed by atoms with Gasteiger partial charge in [-0.1, -0.05) is 55.4 Å². The van der Waals surface area contributed by atoms with Crippen LogP contribution in [0, 0.1) is 82.9 Å². The van der Waals surface area contributed by atoms with Crippen molar-refractivity contribution >= 4 is 11.6 Å². The molecule has 0 radical (unpaired) electrons. The number of hydrogen-bond donors (Lipinski definition) is 0. The number of ketones is 2. The summed E-state index contributed by atoms with van der Waals surface area (Å²) in [6, 6.07) is 0. The summed E-state index contributed by atoms with van der Waals surface area (Å²) in [7, 11) is 0. The van der Waals surface area contributed by atoms with Crippen molar-refractivity contribution in [3.8, 4) is 0 Å². The Morgan fingerprint density at radius 3 is 1.23 bits per heavy atom. The van der Waals surface area contributed by atoms with Crippen LogP contribution < -0.4 is 0 Å². The molecule has 4 aliphatic rings. The van der Waals surface area contributed by atoms with Gasteiger partial charge in [-0.15, -0.1) is 0 Å². The summed E-state index contributed by atoms with van der Waals surface area (Å²) in [6.07, 6.45) is 0. The predicted molar refractivity (Wildman–Crippen MR) is 104 cm³/mol. The monoisotopic (exact) mass is 358 g/mol. The molecular weight excluding hydrogens is 320 g/mol. The molecule has 4 saturated carbocycles. The maximum Gasteiger partial charge on any atom is 0.202 e. The highest BCUT2D eigenvalue weighted by Crippen LogP contribution is 2.66. The van der Waals surface area contributed by atoms with E-state index in [1.165, 1.54) is 0 Å². The quantitative estimate of drug-likeness (QED) is 0.573. The van der Waals surface area contributed by atoms with Crippen molar-refractivity contribution in [1.29, 1.82) is 0 Å². The van der Waals surface area contributed by atoms with Crippen LogP contribution >= 0.6 is 0 Å². The predicted octanol–water partition coefficient (Wildman–Crippen LogP) is 4.97. The maximum atomic E-state index is 13.1. The molecule has 0 saturated heterocycles. The summed E-state index contributed by atoms with van der Waals surface area (Å²) >= 11 is 0. The first-order valence-corrected chi connectivity index (χ1v) is 11.2. The molecule has 0 aromatic heterocycles. The lowest BCUT2D eigenvalue weighted by atomic mass is 9.41. The third-order valence-corrected chi connectivity index (χ3v) is 10.7. The number of carbonyl (C=O) groups is 2. The van der Waals surface area contributed by atoms with Gasteiger partial charge in [0.1, 0.15) is 0 Å². The molecule has 146 valence electrons. The molecule has 0 spiro atoms. The van der Waals surface area contributed by atoms with Crippen molar-refractivity contribution < 1.29 is 9.59 Å². The molecular formula is C24H38O2. The second-order valence-electron chi connectivity index (χ2n) is 11.0. The molecule has 2 heteroatoms. The lowest BCUT2D eigenvalue weighted by molar-refractivity contribution is -0.168. The summed E-state index contributed by atoms with van der Waals surface area (Å²) in [5.41, 5.74) is 0. The van der Waals surface area contributed by atoms with E-state index in [9.17, 15) is 9.59 Å². The Morgan fingerprint density at radius 2 is 0.731 bits per heavy atom. The third-order valence-electron chi connectivity index (χ3n) is 10.7. The molecule has 0 aromatic rings. The molecule has 26 heavy (non-hydrogen) atoms. The van der Waals surface area contributed by atoms with E-state index in [1.54, 1.807) is 0 Å². The van der Waals surface area contributed by atoms with Crippen LogP contribution in [0.4, 0.5) is 0 Å². The van der Waals surface area contributed by atoms with Crippen molar-refractivity contribution in [3.63, 3.8) is 0 Å². The summed E-state index contributed by atoms with van der Waals surface area (Å²) < 4.78 is 0. The minimum Gasteiger partial charge on any atom is -0.291 e. The molecule has 0 aliphatic heterocycles. The highest BCUT2D eigenvalue weighted by atomic mass is 16.2. The van der Waals surface area contributed by atoms with Crippen LogP contribution in [0.2, 0.25) is 0 Å². The maximum absolute atomic E-state index is 13.1. The Balaban J connectivity index is 1.87. The zero-order chi connectivity index (χ0) is 19.2. The SMILES string of the molecule is CC1C(C)C(C)C2C(C1C)C(C)C1C(=O)C(=O)C3C(C)C(C)C(C)C2C31. The third kappa shape index (κ3) is 2.05. The highest BCUT2D eigenvalue weighted by Gasteiger charge is 2.67. The van der Waals surface area contributed by atoms with Crippen LogP contribution in [0.1, 0.15) is 55.4 Å². The minimum absolute atomic E-state index is 0.00395. The van der Waals surface area contributed by atoms with Gasteiger partial charge in [0.2, 0.25) is 11.6 Å². The second-order valence-corrected chi connectivity index (χ2v) is 11.0. The van der Waals surface area contributed by atoms with Crippen LogP contribution in [0.3, 0.4) is 0 Å². The Kier molecular flexibility index (Phi) is 4.25. The fourth-order valence-corrected chi connectivity index (χ4v) is 8.71. The van der Waals surface area contributed by atoms with E-state index in [0.29, 0.717) is 65.1 Å². The van der Waals surface area contributed by atoms with Crippen LogP contribution in [-0.4, -0.2) is 11.6 Å². The number of Topliss-reactive ketones (excluding diaryl/α,β-unsaturated/α-hetero) is 2. The topological polar surface area (TPSA) is 34.1 Å². The lowest BCUT2D eigenvalue weighted by Crippen LogP contribution is -2.60. The fraction of sp³-hybridized carbons (Fsp3) is 0.917. The Labute approximate surface area is 159 Å². The lowest BCUT2D eigenvalue weighted by Gasteiger charge is -2.63. The van der Waals surface area contributed by atoms with Gasteiger partial charge < -0.3 is 0 Å². The second kappa shape index (κ2) is 5.92. The molecule has 4 fully saturated rings. The van der Waals surface area contributed by atoms with Gasteiger partial charge in [0.05, 0.1) is 0 Å². The van der Waals surface area contributed by atoms with Gasteiger partial charge in [0.25, 0.3) is 0 Å². The van der Waals surface area contributed by atoms with Crippen molar-refractivity contribution in [2.24, 2.45) is 82.9 Å². The van der Waals surface area contributed by atoms with E-state index in [0.717, 1.165) is 5.92 Å². The number of carbonyl (C=O) groups excluding carboxylic acids is 2. The smallest absolute Gasteiger partial charge is 0.202 e. The molecule has 2 nitrogen and oxygen atoms in total. The molecule has 14 atom stereocenters. The first-order chi connectivity index (χ1) is 12.1. The van der Waals surface area contributed by atoms with E-state index >= 15 is 0 Å². The zero-order valence-electron chi connectivity index (χ0n) is 17.9. The van der Waals surface area contributed by atoms with Crippen molar-refractivity contribution in [2.45, 2.75) is 55.4 Å². The van der Waals surface area contributed by atoms with Gasteiger partial charge >= 0.3 is 0 Å². The average molecular weight is 359 g/mol. The molecule has 0 N–H and O–H groups in total. The van der Waals surface area contributed by atoms with E-state index in [4.69, 9.17) is 0 Å². The summed E-state index contributed by atoms with van der Waals surface area (Å²) in [5.74, 6) is 6.76. The van der Waals surface area contributed by atoms with Gasteiger partial charge in [0.15, 0.2) is 0 Å². The first kappa shape index (κ1) is 18.7. The Morgan fingerprint density at radius 1 is 0.385 bits per heavy atom. The Hall–Kier alpha value is -0.660. The summed E-state index contributed by atoms with van der Waals surface area (Å²) in [5, 5.41) is 0. The van der Waals surface area contributed by atoms with Crippen LogP contribution in [0.5, 0.6) is 0 Å². The minimum atomic E-state index is -0.0110. The van der Waals surface area contributed by atoms with Gasteiger partial charge in [-0.3, -0.25) is 9.59 Å². The molecule has 0 aromatic carbocycles. The molecule has 4 rings (SSSR count). The van der Waals surface area contributed by atoms with E-state index in [1.807, 2.05) is 0 Å². The Bertz CT molecular complexity index is 624. The molecule has 0 amide bonds. The molecule has 0 bridgehead atoms. The zero-order valence-corrected chi connectivity index (χ0v) is 17.9. The van der Waals surface area contributed by atoms with Gasteiger partial charge in [0, 0.05) is 11.8 Å². The number of hydrogen-bond acceptors (Lipinski definition) is 2. The number of rotatable bonds is 0.